The van der Waals surface area contributed by atoms with Crippen molar-refractivity contribution in [2.45, 2.75) is 12.6 Å². The third-order valence-electron chi connectivity index (χ3n) is 5.07. The monoisotopic (exact) mass is 538 g/mol. The van der Waals surface area contributed by atoms with Gasteiger partial charge in [-0.25, -0.2) is 10.2 Å². The van der Waals surface area contributed by atoms with E-state index in [0.29, 0.717) is 5.75 Å². The molecule has 4 rings (SSSR count). The van der Waals surface area contributed by atoms with Crippen molar-refractivity contribution in [2.24, 2.45) is 12.1 Å². The van der Waals surface area contributed by atoms with Crippen LogP contribution < -0.4 is 21.4 Å². The van der Waals surface area contributed by atoms with E-state index in [-0.39, 0.29) is 30.3 Å². The van der Waals surface area contributed by atoms with Crippen molar-refractivity contribution in [1.82, 2.24) is 19.1 Å². The second kappa shape index (κ2) is 11.0. The maximum atomic E-state index is 12.6. The number of hydrazone groups is 1. The van der Waals surface area contributed by atoms with Crippen LogP contribution in [0.25, 0.3) is 17.2 Å². The van der Waals surface area contributed by atoms with Crippen LogP contribution in [0.2, 0.25) is 0 Å². The molecule has 0 amide bonds. The number of nitrogens with zero attached hydrogens (tertiary/aromatic N) is 4. The zero-order chi connectivity index (χ0) is 24.8. The fourth-order valence-corrected chi connectivity index (χ4v) is 3.61. The third kappa shape index (κ3) is 5.94. The van der Waals surface area contributed by atoms with Crippen molar-refractivity contribution in [2.75, 3.05) is 12.0 Å². The number of anilines is 1. The molecule has 0 aliphatic carbocycles. The Bertz CT molecular complexity index is 1470. The summed E-state index contributed by atoms with van der Waals surface area (Å²) in [5, 5.41) is 14.8. The van der Waals surface area contributed by atoms with Crippen molar-refractivity contribution < 1.29 is 9.84 Å². The second-order valence-corrected chi connectivity index (χ2v) is 8.53. The van der Waals surface area contributed by atoms with Gasteiger partial charge in [-0.05, 0) is 35.9 Å². The fraction of sp³-hybridized carbons (Fsp3) is 0.167. The SMILES string of the molecule is Cn1c(=O)[nH]c(=O)c2c1nc(NN=C/C=C\c1ccccc1)n2C[C@@H](O)COc1ccc(Br)cc1. The molecule has 10 nitrogen and oxygen atoms in total. The van der Waals surface area contributed by atoms with Crippen LogP contribution in [0.4, 0.5) is 5.95 Å². The van der Waals surface area contributed by atoms with Gasteiger partial charge >= 0.3 is 5.69 Å². The number of halogens is 1. The lowest BCUT2D eigenvalue weighted by Crippen LogP contribution is -2.30. The van der Waals surface area contributed by atoms with Crippen LogP contribution in [0.5, 0.6) is 5.75 Å². The number of aryl methyl sites for hydroxylation is 1. The van der Waals surface area contributed by atoms with Crippen LogP contribution in [-0.4, -0.2) is 43.1 Å². The molecule has 0 aliphatic rings. The van der Waals surface area contributed by atoms with E-state index in [0.717, 1.165) is 10.0 Å². The summed E-state index contributed by atoms with van der Waals surface area (Å²) >= 11 is 3.36. The van der Waals surface area contributed by atoms with Gasteiger partial charge in [0.25, 0.3) is 5.56 Å². The standard InChI is InChI=1S/C24H23BrN6O4/c1-30-21-20(22(33)28-24(30)34)31(14-18(32)15-35-19-11-9-17(25)10-12-19)23(27-21)29-26-13-5-8-16-6-3-2-4-7-16/h2-13,18,32H,14-15H2,1H3,(H,27,29)(H,28,33,34)/b8-5-,26-13?/t18-/m1/s1. The number of allylic oxidation sites excluding steroid dienone is 1. The van der Waals surface area contributed by atoms with E-state index < -0.39 is 17.4 Å². The Morgan fingerprint density at radius 3 is 2.69 bits per heavy atom. The maximum absolute atomic E-state index is 12.6. The number of aromatic amines is 1. The molecule has 0 radical (unpaired) electrons. The predicted octanol–water partition coefficient (Wildman–Crippen LogP) is 2.74. The number of rotatable bonds is 9. The number of aliphatic hydroxyl groups excluding tert-OH is 1. The first-order valence-electron chi connectivity index (χ1n) is 10.7. The van der Waals surface area contributed by atoms with Crippen LogP contribution in [0, 0.1) is 0 Å². The highest BCUT2D eigenvalue weighted by molar-refractivity contribution is 9.10. The van der Waals surface area contributed by atoms with Gasteiger partial charge in [-0.3, -0.25) is 14.3 Å². The van der Waals surface area contributed by atoms with Crippen LogP contribution in [-0.2, 0) is 13.6 Å². The Kier molecular flexibility index (Phi) is 7.58. The molecular weight excluding hydrogens is 516 g/mol. The minimum atomic E-state index is -0.977. The Balaban J connectivity index is 1.55. The number of aromatic nitrogens is 4. The second-order valence-electron chi connectivity index (χ2n) is 7.62. The first-order valence-corrected chi connectivity index (χ1v) is 11.5. The van der Waals surface area contributed by atoms with E-state index in [2.05, 4.69) is 36.4 Å². The van der Waals surface area contributed by atoms with E-state index in [4.69, 9.17) is 4.74 Å². The lowest BCUT2D eigenvalue weighted by Gasteiger charge is -2.15. The number of nitrogens with one attached hydrogen (secondary N) is 2. The third-order valence-corrected chi connectivity index (χ3v) is 5.60. The molecule has 1 atom stereocenters. The number of hydrogen-bond donors (Lipinski definition) is 3. The van der Waals surface area contributed by atoms with Gasteiger partial charge in [0.2, 0.25) is 5.95 Å². The summed E-state index contributed by atoms with van der Waals surface area (Å²) in [6, 6.07) is 16.9. The molecule has 0 fully saturated rings. The van der Waals surface area contributed by atoms with Crippen LogP contribution >= 0.6 is 15.9 Å². The lowest BCUT2D eigenvalue weighted by atomic mass is 10.2. The van der Waals surface area contributed by atoms with Crippen molar-refractivity contribution in [3.8, 4) is 5.75 Å². The Labute approximate surface area is 208 Å². The Morgan fingerprint density at radius 1 is 1.20 bits per heavy atom. The molecule has 0 spiro atoms. The molecule has 0 bridgehead atoms. The van der Waals surface area contributed by atoms with Gasteiger partial charge in [0.05, 0.1) is 6.54 Å². The lowest BCUT2D eigenvalue weighted by molar-refractivity contribution is 0.0938. The van der Waals surface area contributed by atoms with E-state index in [1.807, 2.05) is 48.5 Å². The molecule has 4 aromatic rings. The summed E-state index contributed by atoms with van der Waals surface area (Å²) in [6.07, 6.45) is 4.19. The van der Waals surface area contributed by atoms with Gasteiger partial charge < -0.3 is 14.4 Å². The molecule has 0 saturated carbocycles. The van der Waals surface area contributed by atoms with Crippen LogP contribution in [0.3, 0.4) is 0 Å². The molecule has 0 saturated heterocycles. The van der Waals surface area contributed by atoms with E-state index in [1.54, 1.807) is 18.2 Å². The van der Waals surface area contributed by atoms with Gasteiger partial charge in [-0.1, -0.05) is 52.3 Å². The zero-order valence-electron chi connectivity index (χ0n) is 18.8. The number of aliphatic hydroxyl groups is 1. The summed E-state index contributed by atoms with van der Waals surface area (Å²) in [4.78, 5) is 31.3. The average molecular weight is 539 g/mol. The number of fused-ring (bicyclic) bond motifs is 1. The highest BCUT2D eigenvalue weighted by Gasteiger charge is 2.19. The first-order chi connectivity index (χ1) is 16.9. The molecule has 0 aliphatic heterocycles. The number of imidazole rings is 1. The summed E-state index contributed by atoms with van der Waals surface area (Å²) in [5.41, 5.74) is 2.90. The van der Waals surface area contributed by atoms with E-state index >= 15 is 0 Å². The van der Waals surface area contributed by atoms with Gasteiger partial charge in [0, 0.05) is 17.7 Å². The molecule has 2 aromatic carbocycles. The molecule has 2 aromatic heterocycles. The van der Waals surface area contributed by atoms with E-state index in [1.165, 1.54) is 22.4 Å². The Hall–Kier alpha value is -3.96. The predicted molar refractivity (Wildman–Crippen MR) is 139 cm³/mol. The number of H-pyrrole nitrogens is 1. The van der Waals surface area contributed by atoms with Gasteiger partial charge in [0.15, 0.2) is 11.2 Å². The summed E-state index contributed by atoms with van der Waals surface area (Å²) in [6.45, 7) is -0.0421. The normalized spacial score (nSPS) is 12.5. The molecule has 11 heteroatoms. The topological polar surface area (TPSA) is 127 Å². The van der Waals surface area contributed by atoms with E-state index in [9.17, 15) is 14.7 Å². The van der Waals surface area contributed by atoms with Crippen LogP contribution in [0.1, 0.15) is 5.56 Å². The van der Waals surface area contributed by atoms with Crippen molar-refractivity contribution in [3.05, 3.63) is 91.5 Å². The number of ether oxygens (including phenoxy) is 1. The van der Waals surface area contributed by atoms with Crippen LogP contribution in [0.15, 0.2) is 79.8 Å². The number of hydrogen-bond acceptors (Lipinski definition) is 7. The van der Waals surface area contributed by atoms with Gasteiger partial charge in [-0.15, -0.1) is 0 Å². The minimum Gasteiger partial charge on any atom is -0.491 e. The molecule has 180 valence electrons. The van der Waals surface area contributed by atoms with Gasteiger partial charge in [0.1, 0.15) is 18.5 Å². The quantitative estimate of drug-likeness (QED) is 0.222. The minimum absolute atomic E-state index is 0.0203. The maximum Gasteiger partial charge on any atom is 0.329 e. The highest BCUT2D eigenvalue weighted by Crippen LogP contribution is 2.18. The molecule has 3 N–H and O–H groups in total. The number of benzene rings is 2. The van der Waals surface area contributed by atoms with Crippen molar-refractivity contribution >= 4 is 45.3 Å². The smallest absolute Gasteiger partial charge is 0.329 e. The summed E-state index contributed by atoms with van der Waals surface area (Å²) in [7, 11) is 1.50. The summed E-state index contributed by atoms with van der Waals surface area (Å²) < 4.78 is 9.26. The van der Waals surface area contributed by atoms with Gasteiger partial charge in [-0.2, -0.15) is 10.1 Å². The highest BCUT2D eigenvalue weighted by atomic mass is 79.9. The molecule has 2 heterocycles. The summed E-state index contributed by atoms with van der Waals surface area (Å²) in [5.74, 6) is 0.787. The fourth-order valence-electron chi connectivity index (χ4n) is 3.34. The molecule has 0 unspecified atom stereocenters. The first kappa shape index (κ1) is 24.2. The largest absolute Gasteiger partial charge is 0.491 e. The Morgan fingerprint density at radius 2 is 1.94 bits per heavy atom. The molecular formula is C24H23BrN6O4. The van der Waals surface area contributed by atoms with Crippen molar-refractivity contribution in [3.63, 3.8) is 0 Å². The van der Waals surface area contributed by atoms with Crippen molar-refractivity contribution in [1.29, 1.82) is 0 Å². The zero-order valence-corrected chi connectivity index (χ0v) is 20.3. The average Bonchev–Trinajstić information content (AvgIpc) is 3.21. The molecule has 35 heavy (non-hydrogen) atoms.